The molecule has 1 aliphatic rings. The van der Waals surface area contributed by atoms with E-state index in [1.165, 1.54) is 0 Å². The third-order valence-electron chi connectivity index (χ3n) is 3.12. The fourth-order valence-corrected chi connectivity index (χ4v) is 2.50. The predicted molar refractivity (Wildman–Crippen MR) is 71.2 cm³/mol. The van der Waals surface area contributed by atoms with Crippen molar-refractivity contribution in [3.63, 3.8) is 0 Å². The topological polar surface area (TPSA) is 220 Å². The van der Waals surface area contributed by atoms with Crippen molar-refractivity contribution in [2.75, 3.05) is 0 Å². The molecular weight excluding hydrogens is 339 g/mol. The molecule has 1 unspecified atom stereocenters. The molecule has 0 saturated carbocycles. The summed E-state index contributed by atoms with van der Waals surface area (Å²) >= 11 is 0. The number of aliphatic hydroxyl groups excluding tert-OH is 3. The number of nitrogens with one attached hydrogen (secondary N) is 1. The Bertz CT molecular complexity index is 496. The van der Waals surface area contributed by atoms with Gasteiger partial charge in [-0.2, -0.15) is 0 Å². The average molecular weight is 357 g/mol. The molecule has 0 aromatic carbocycles. The molecule has 1 amide bonds. The van der Waals surface area contributed by atoms with Gasteiger partial charge >= 0.3 is 13.6 Å². The van der Waals surface area contributed by atoms with Gasteiger partial charge in [-0.25, -0.2) is 0 Å². The third kappa shape index (κ3) is 5.19. The molecule has 13 heteroatoms. The second-order valence-corrected chi connectivity index (χ2v) is 6.63. The van der Waals surface area contributed by atoms with Crippen LogP contribution >= 0.6 is 7.60 Å². The lowest BCUT2D eigenvalue weighted by Crippen LogP contribution is -2.44. The largest absolute Gasteiger partial charge is 0.480 e. The third-order valence-corrected chi connectivity index (χ3v) is 4.11. The van der Waals surface area contributed by atoms with Gasteiger partial charge in [0.25, 0.3) is 0 Å². The fourth-order valence-electron chi connectivity index (χ4n) is 1.88. The normalized spacial score (nSPS) is 28.5. The Morgan fingerprint density at radius 1 is 1.35 bits per heavy atom. The van der Waals surface area contributed by atoms with Gasteiger partial charge in [0.05, 0.1) is 0 Å². The molecule has 0 aromatic rings. The van der Waals surface area contributed by atoms with E-state index < -0.39 is 55.9 Å². The summed E-state index contributed by atoms with van der Waals surface area (Å²) in [6.07, 6.45) is -6.73. The van der Waals surface area contributed by atoms with Crippen molar-refractivity contribution in [2.24, 2.45) is 5.73 Å². The number of rotatable bonds is 8. The van der Waals surface area contributed by atoms with E-state index in [0.29, 0.717) is 0 Å². The van der Waals surface area contributed by atoms with Gasteiger partial charge in [0.2, 0.25) is 5.91 Å². The average Bonchev–Trinajstić information content (AvgIpc) is 2.69. The first-order valence-corrected chi connectivity index (χ1v) is 8.04. The van der Waals surface area contributed by atoms with Crippen molar-refractivity contribution >= 4 is 19.5 Å². The van der Waals surface area contributed by atoms with Crippen LogP contribution in [0.3, 0.4) is 0 Å². The zero-order valence-corrected chi connectivity index (χ0v) is 12.5. The summed E-state index contributed by atoms with van der Waals surface area (Å²) in [5.41, 5.74) is 4.90. The molecule has 23 heavy (non-hydrogen) atoms. The Morgan fingerprint density at radius 3 is 2.35 bits per heavy atom. The highest BCUT2D eigenvalue weighted by molar-refractivity contribution is 7.52. The van der Waals surface area contributed by atoms with Gasteiger partial charge in [-0.1, -0.05) is 0 Å². The molecule has 12 nitrogen and oxygen atoms in total. The summed E-state index contributed by atoms with van der Waals surface area (Å²) in [7, 11) is -5.03. The van der Waals surface area contributed by atoms with Crippen molar-refractivity contribution in [3.05, 3.63) is 6.23 Å². The van der Waals surface area contributed by atoms with Crippen LogP contribution in [0.1, 0.15) is 12.8 Å². The van der Waals surface area contributed by atoms with Crippen LogP contribution < -0.4 is 11.1 Å². The van der Waals surface area contributed by atoms with E-state index in [2.05, 4.69) is 5.32 Å². The van der Waals surface area contributed by atoms with Gasteiger partial charge in [0.1, 0.15) is 24.4 Å². The van der Waals surface area contributed by atoms with Gasteiger partial charge in [0, 0.05) is 6.42 Å². The fraction of sp³-hybridized carbons (Fsp3) is 0.700. The minimum atomic E-state index is -5.03. The Hall–Kier alpha value is -1.11. The Kier molecular flexibility index (Phi) is 6.62. The number of nitrogens with two attached hydrogens (primary N) is 1. The van der Waals surface area contributed by atoms with E-state index in [0.717, 1.165) is 0 Å². The van der Waals surface area contributed by atoms with Crippen molar-refractivity contribution in [3.8, 4) is 0 Å². The van der Waals surface area contributed by atoms with Crippen molar-refractivity contribution in [1.82, 2.24) is 5.32 Å². The minimum Gasteiger partial charge on any atom is -0.480 e. The van der Waals surface area contributed by atoms with Crippen LogP contribution in [0.2, 0.25) is 0 Å². The number of carbonyl (C=O) groups excluding carboxylic acids is 1. The Morgan fingerprint density at radius 2 is 1.91 bits per heavy atom. The summed E-state index contributed by atoms with van der Waals surface area (Å²) in [6, 6.07) is -1.41. The number of carbonyl (C=O) groups is 2. The zero-order valence-electron chi connectivity index (χ0n) is 11.6. The second-order valence-electron chi connectivity index (χ2n) is 4.93. The molecule has 0 aromatic heterocycles. The summed E-state index contributed by atoms with van der Waals surface area (Å²) in [5, 5.41) is 40.0. The molecule has 1 saturated heterocycles. The highest BCUT2D eigenvalue weighted by Crippen LogP contribution is 2.45. The van der Waals surface area contributed by atoms with Gasteiger partial charge < -0.3 is 40.7 Å². The number of aliphatic hydroxyl groups is 3. The number of ether oxygens (including phenoxy) is 1. The Labute approximate surface area is 130 Å². The molecule has 1 rings (SSSR count). The minimum absolute atomic E-state index is 0.258. The molecule has 133 valence electrons. The van der Waals surface area contributed by atoms with Crippen LogP contribution in [0.25, 0.3) is 0 Å². The van der Waals surface area contributed by atoms with E-state index in [1.807, 2.05) is 0 Å². The molecule has 1 fully saturated rings. The zero-order chi connectivity index (χ0) is 17.9. The van der Waals surface area contributed by atoms with Gasteiger partial charge in [-0.15, -0.1) is 0 Å². The smallest absolute Gasteiger partial charge is 0.356 e. The number of carboxylic acid groups (broad SMARTS) is 1. The molecule has 9 N–H and O–H groups in total. The maximum Gasteiger partial charge on any atom is 0.356 e. The molecule has 5 atom stereocenters. The molecule has 0 spiro atoms. The number of hydrogen-bond donors (Lipinski definition) is 8. The first-order valence-electron chi connectivity index (χ1n) is 6.35. The molecule has 0 bridgehead atoms. The number of hydrogen-bond acceptors (Lipinski definition) is 8. The summed E-state index contributed by atoms with van der Waals surface area (Å²) in [6.45, 7) is 0. The van der Waals surface area contributed by atoms with Crippen LogP contribution in [-0.4, -0.2) is 72.3 Å². The van der Waals surface area contributed by atoms with E-state index in [4.69, 9.17) is 25.4 Å². The lowest BCUT2D eigenvalue weighted by atomic mass is 10.1. The van der Waals surface area contributed by atoms with E-state index in [9.17, 15) is 29.5 Å². The predicted octanol–water partition coefficient (Wildman–Crippen LogP) is -3.60. The molecule has 1 aliphatic heterocycles. The monoisotopic (exact) mass is 357 g/mol. The number of aliphatic carboxylic acids is 1. The highest BCUT2D eigenvalue weighted by Gasteiger charge is 2.52. The summed E-state index contributed by atoms with van der Waals surface area (Å²) in [5.74, 6) is -4.59. The van der Waals surface area contributed by atoms with Gasteiger partial charge in [-0.05, 0) is 6.42 Å². The molecule has 1 heterocycles. The summed E-state index contributed by atoms with van der Waals surface area (Å²) in [4.78, 5) is 39.5. The van der Waals surface area contributed by atoms with Crippen LogP contribution in [0, 0.1) is 6.23 Å². The molecular formula is C10H18N2O10P. The van der Waals surface area contributed by atoms with Crippen LogP contribution in [0.5, 0.6) is 0 Å². The number of primary amides is 1. The van der Waals surface area contributed by atoms with Crippen molar-refractivity contribution in [1.29, 1.82) is 0 Å². The van der Waals surface area contributed by atoms with Crippen LogP contribution in [0.4, 0.5) is 0 Å². The first-order chi connectivity index (χ1) is 10.4. The van der Waals surface area contributed by atoms with Crippen LogP contribution in [-0.2, 0) is 18.9 Å². The lowest BCUT2D eigenvalue weighted by Gasteiger charge is -2.22. The van der Waals surface area contributed by atoms with E-state index >= 15 is 0 Å². The maximum absolute atomic E-state index is 11.1. The van der Waals surface area contributed by atoms with E-state index in [-0.39, 0.29) is 12.8 Å². The lowest BCUT2D eigenvalue weighted by molar-refractivity contribution is -0.140. The number of amides is 1. The standard InChI is InChI=1S/C10H18N2O10P/c11-4(13)2-1-3(9(16)17)12-8-6(15)5(14)7(22-8)10(18)23(19,20)21/h3,5-7,10,12,14-15,18H,1-2H2,(H2,11,13)(H,16,17)(H2,19,20,21)/t3-,5-,6+,7-,10?/m0/s1. The first kappa shape index (κ1) is 19.9. The van der Waals surface area contributed by atoms with Gasteiger partial charge in [-0.3, -0.25) is 19.5 Å². The van der Waals surface area contributed by atoms with Crippen molar-refractivity contribution in [2.45, 2.75) is 43.0 Å². The highest BCUT2D eigenvalue weighted by atomic mass is 31.2. The Balaban J connectivity index is 2.78. The van der Waals surface area contributed by atoms with Crippen molar-refractivity contribution < 1.29 is 49.1 Å². The number of carboxylic acids is 1. The second kappa shape index (κ2) is 7.64. The SMILES string of the molecule is NC(=O)CC[C@H](N[C]1O[C@H](C(O)P(=O)(O)O)[C@@H](O)[C@H]1O)C(=O)O. The van der Waals surface area contributed by atoms with E-state index in [1.54, 1.807) is 0 Å². The van der Waals surface area contributed by atoms with Crippen LogP contribution in [0.15, 0.2) is 0 Å². The summed E-state index contributed by atoms with van der Waals surface area (Å²) < 4.78 is 15.8. The maximum atomic E-state index is 11.1. The quantitative estimate of drug-likeness (QED) is 0.198. The molecule has 0 aliphatic carbocycles. The van der Waals surface area contributed by atoms with Gasteiger partial charge in [0.15, 0.2) is 12.1 Å². The molecule has 1 radical (unpaired) electrons.